The van der Waals surface area contributed by atoms with Crippen molar-refractivity contribution in [2.45, 2.75) is 13.2 Å². The number of hydrogen-bond donors (Lipinski definition) is 1. The first-order valence-electron chi connectivity index (χ1n) is 5.11. The van der Waals surface area contributed by atoms with Crippen LogP contribution in [0.4, 0.5) is 5.69 Å². The van der Waals surface area contributed by atoms with Crippen molar-refractivity contribution < 1.29 is 6.85 Å². The first kappa shape index (κ1) is 2.33. The molecule has 0 aliphatic heterocycles. The van der Waals surface area contributed by atoms with Crippen LogP contribution in [0.1, 0.15) is 19.3 Å². The van der Waals surface area contributed by atoms with Gasteiger partial charge in [-0.15, -0.1) is 0 Å². The molecule has 0 spiro atoms. The highest BCUT2D eigenvalue weighted by molar-refractivity contribution is 5.39. The van der Waals surface area contributed by atoms with Crippen molar-refractivity contribution in [2.75, 3.05) is 5.73 Å². The molecule has 0 aromatic heterocycles. The van der Waals surface area contributed by atoms with E-state index in [0.29, 0.717) is 5.69 Å². The minimum atomic E-state index is -2.66. The average Bonchev–Trinajstić information content (AvgIpc) is 2.03. The molecule has 0 unspecified atom stereocenters. The smallest absolute Gasteiger partial charge is 0.0314 e. The summed E-state index contributed by atoms with van der Waals surface area (Å²) >= 11 is 0. The number of aryl methyl sites for hydroxylation is 1. The molecule has 0 aliphatic rings. The first-order chi connectivity index (χ1) is 6.25. The molecule has 0 atom stereocenters. The third-order valence-corrected chi connectivity index (χ3v) is 1.06. The van der Waals surface area contributed by atoms with Crippen LogP contribution in [0.5, 0.6) is 0 Å². The monoisotopic (exact) mass is 126 g/mol. The Bertz CT molecular complexity index is 313. The van der Waals surface area contributed by atoms with Crippen molar-refractivity contribution in [1.29, 1.82) is 0 Å². The van der Waals surface area contributed by atoms with E-state index >= 15 is 0 Å². The van der Waals surface area contributed by atoms with Gasteiger partial charge in [-0.3, -0.25) is 0 Å². The molecule has 0 saturated heterocycles. The summed E-state index contributed by atoms with van der Waals surface area (Å²) in [6.45, 7) is -2.66. The maximum atomic E-state index is 7.45. The quantitative estimate of drug-likeness (QED) is 0.571. The molecule has 9 heavy (non-hydrogen) atoms. The maximum Gasteiger partial charge on any atom is 0.0314 e. The fourth-order valence-electron chi connectivity index (χ4n) is 0.566. The zero-order valence-electron chi connectivity index (χ0n) is 9.89. The molecule has 0 aliphatic carbocycles. The number of nitrogens with two attached hydrogens (primary N) is 1. The Morgan fingerprint density at radius 2 is 2.22 bits per heavy atom. The Morgan fingerprint density at radius 1 is 1.56 bits per heavy atom. The highest BCUT2D eigenvalue weighted by atomic mass is 14.5. The molecule has 1 aromatic carbocycles. The van der Waals surface area contributed by atoms with Crippen LogP contribution in [0, 0.1) is 0 Å². The summed E-state index contributed by atoms with van der Waals surface area (Å²) in [7, 11) is 0. The van der Waals surface area contributed by atoms with Crippen molar-refractivity contribution in [3.8, 4) is 0 Å². The zero-order chi connectivity index (χ0) is 11.0. The topological polar surface area (TPSA) is 26.0 Å². The summed E-state index contributed by atoms with van der Waals surface area (Å²) in [5.41, 5.74) is 6.01. The molecule has 1 rings (SSSR count). The van der Waals surface area contributed by atoms with Crippen LogP contribution < -0.4 is 5.73 Å². The van der Waals surface area contributed by atoms with Gasteiger partial charge < -0.3 is 5.73 Å². The van der Waals surface area contributed by atoms with Gasteiger partial charge in [0.1, 0.15) is 0 Å². The van der Waals surface area contributed by atoms with E-state index < -0.39 is 13.2 Å². The standard InChI is InChI=1S/C8H11N/c1-2-7-3-5-8(9)6-4-7/h3-6H,2,9H2,1H3/i1D3,2D2. The predicted molar refractivity (Wildman–Crippen MR) is 40.2 cm³/mol. The Hall–Kier alpha value is -0.980. The second kappa shape index (κ2) is 2.53. The molecule has 0 saturated carbocycles. The molecule has 48 valence electrons. The van der Waals surface area contributed by atoms with Crippen LogP contribution in [-0.4, -0.2) is 0 Å². The average molecular weight is 126 g/mol. The van der Waals surface area contributed by atoms with Gasteiger partial charge in [-0.05, 0) is 24.1 Å². The second-order valence-electron chi connectivity index (χ2n) is 1.75. The highest BCUT2D eigenvalue weighted by Crippen LogP contribution is 2.04. The third-order valence-electron chi connectivity index (χ3n) is 1.06. The summed E-state index contributed by atoms with van der Waals surface area (Å²) in [4.78, 5) is 0. The third kappa shape index (κ3) is 1.46. The minimum absolute atomic E-state index is 0.117. The van der Waals surface area contributed by atoms with E-state index in [-0.39, 0.29) is 5.56 Å². The van der Waals surface area contributed by atoms with E-state index in [0.717, 1.165) is 0 Å². The molecule has 0 heterocycles. The van der Waals surface area contributed by atoms with E-state index in [1.165, 1.54) is 24.3 Å². The first-order valence-corrected chi connectivity index (χ1v) is 2.61. The van der Waals surface area contributed by atoms with Gasteiger partial charge in [0.15, 0.2) is 0 Å². The SMILES string of the molecule is [2H]C([2H])([2H])C([2H])([2H])c1ccc(N)cc1. The van der Waals surface area contributed by atoms with Crippen LogP contribution in [0.25, 0.3) is 0 Å². The molecule has 2 N–H and O–H groups in total. The van der Waals surface area contributed by atoms with Gasteiger partial charge >= 0.3 is 0 Å². The molecule has 0 fully saturated rings. The van der Waals surface area contributed by atoms with Crippen molar-refractivity contribution in [2.24, 2.45) is 0 Å². The second-order valence-corrected chi connectivity index (χ2v) is 1.75. The van der Waals surface area contributed by atoms with Crippen LogP contribution in [0.15, 0.2) is 24.3 Å². The molecule has 0 bridgehead atoms. The van der Waals surface area contributed by atoms with Crippen molar-refractivity contribution >= 4 is 5.69 Å². The Morgan fingerprint density at radius 3 is 2.78 bits per heavy atom. The maximum absolute atomic E-state index is 7.45. The van der Waals surface area contributed by atoms with E-state index in [2.05, 4.69) is 0 Å². The molecular formula is C8H11N. The van der Waals surface area contributed by atoms with Gasteiger partial charge in [-0.1, -0.05) is 19.0 Å². The Kier molecular flexibility index (Phi) is 0.656. The van der Waals surface area contributed by atoms with E-state index in [1.807, 2.05) is 0 Å². The van der Waals surface area contributed by atoms with Gasteiger partial charge in [-0.25, -0.2) is 0 Å². The largest absolute Gasteiger partial charge is 0.399 e. The summed E-state index contributed by atoms with van der Waals surface area (Å²) in [6, 6.07) is 5.75. The van der Waals surface area contributed by atoms with Crippen LogP contribution >= 0.6 is 0 Å². The van der Waals surface area contributed by atoms with Crippen molar-refractivity contribution in [3.63, 3.8) is 0 Å². The molecule has 1 nitrogen and oxygen atoms in total. The van der Waals surface area contributed by atoms with Crippen molar-refractivity contribution in [3.05, 3.63) is 29.8 Å². The van der Waals surface area contributed by atoms with Crippen molar-refractivity contribution in [1.82, 2.24) is 0 Å². The highest BCUT2D eigenvalue weighted by Gasteiger charge is 1.85. The lowest BCUT2D eigenvalue weighted by Crippen LogP contribution is -1.84. The number of rotatable bonds is 1. The van der Waals surface area contributed by atoms with Crippen LogP contribution in [0.3, 0.4) is 0 Å². The molecular weight excluding hydrogens is 110 g/mol. The summed E-state index contributed by atoms with van der Waals surface area (Å²) in [5.74, 6) is 0. The number of hydrogen-bond acceptors (Lipinski definition) is 1. The lowest BCUT2D eigenvalue weighted by Gasteiger charge is -1.94. The molecule has 1 heteroatoms. The fraction of sp³-hybridized carbons (Fsp3) is 0.250. The summed E-state index contributed by atoms with van der Waals surface area (Å²) in [6.07, 6.45) is -2.33. The molecule has 0 radical (unpaired) electrons. The van der Waals surface area contributed by atoms with Crippen LogP contribution in [-0.2, 0) is 6.37 Å². The van der Waals surface area contributed by atoms with Gasteiger partial charge in [0.2, 0.25) is 0 Å². The molecule has 1 aromatic rings. The van der Waals surface area contributed by atoms with Gasteiger partial charge in [-0.2, -0.15) is 0 Å². The van der Waals surface area contributed by atoms with E-state index in [4.69, 9.17) is 12.6 Å². The van der Waals surface area contributed by atoms with Crippen LogP contribution in [0.2, 0.25) is 0 Å². The van der Waals surface area contributed by atoms with Gasteiger partial charge in [0.25, 0.3) is 0 Å². The minimum Gasteiger partial charge on any atom is -0.399 e. The normalized spacial score (nSPS) is 20.7. The van der Waals surface area contributed by atoms with E-state index in [1.54, 1.807) is 0 Å². The molecule has 0 amide bonds. The Balaban J connectivity index is 3.10. The predicted octanol–water partition coefficient (Wildman–Crippen LogP) is 1.83. The lowest BCUT2D eigenvalue weighted by atomic mass is 10.2. The van der Waals surface area contributed by atoms with E-state index in [9.17, 15) is 0 Å². The zero-order valence-corrected chi connectivity index (χ0v) is 4.89. The lowest BCUT2D eigenvalue weighted by molar-refractivity contribution is 1.14. The fourth-order valence-corrected chi connectivity index (χ4v) is 0.566. The summed E-state index contributed by atoms with van der Waals surface area (Å²) < 4.78 is 36.1. The summed E-state index contributed by atoms with van der Waals surface area (Å²) in [5, 5.41) is 0. The number of benzene rings is 1. The number of nitrogen functional groups attached to an aromatic ring is 1. The Labute approximate surface area is 62.5 Å². The number of anilines is 1. The van der Waals surface area contributed by atoms with Gasteiger partial charge in [0, 0.05) is 12.5 Å². The van der Waals surface area contributed by atoms with Gasteiger partial charge in [0.05, 0.1) is 0 Å².